The fourth-order valence-electron chi connectivity index (χ4n) is 4.36. The lowest BCUT2D eigenvalue weighted by Gasteiger charge is -2.43. The Hall–Kier alpha value is -1.87. The predicted molar refractivity (Wildman–Crippen MR) is 161 cm³/mol. The number of hydrogen-bond donors (Lipinski definition) is 0. The van der Waals surface area contributed by atoms with Crippen molar-refractivity contribution in [2.24, 2.45) is 0 Å². The zero-order valence-corrected chi connectivity index (χ0v) is 26.8. The fraction of sp³-hybridized carbons (Fsp3) is 0.400. The average molecular weight is 586 g/mol. The van der Waals surface area contributed by atoms with Gasteiger partial charge in [-0.2, -0.15) is 0 Å². The van der Waals surface area contributed by atoms with E-state index >= 15 is 0 Å². The van der Waals surface area contributed by atoms with Gasteiger partial charge in [0.25, 0.3) is 16.6 Å². The van der Waals surface area contributed by atoms with E-state index in [9.17, 15) is 0 Å². The van der Waals surface area contributed by atoms with Crippen molar-refractivity contribution in [1.82, 2.24) is 0 Å². The maximum Gasteiger partial charge on any atom is 0.261 e. The largest absolute Gasteiger partial charge is 0.543 e. The summed E-state index contributed by atoms with van der Waals surface area (Å²) in [6, 6.07) is 25.4. The summed E-state index contributed by atoms with van der Waals surface area (Å²) in [6.07, 6.45) is 0. The zero-order chi connectivity index (χ0) is 26.8. The van der Waals surface area contributed by atoms with Gasteiger partial charge < -0.3 is 13.6 Å². The number of hydrogen-bond acceptors (Lipinski definition) is 3. The zero-order valence-electron chi connectivity index (χ0n) is 23.2. The summed E-state index contributed by atoms with van der Waals surface area (Å²) in [7, 11) is -3.01. The lowest BCUT2D eigenvalue weighted by molar-refractivity contribution is 0.277. The minimum atomic E-state index is -2.69. The van der Waals surface area contributed by atoms with Crippen LogP contribution < -0.4 is 19.5 Å². The van der Waals surface area contributed by atoms with Crippen LogP contribution in [0.5, 0.6) is 11.5 Å². The molecule has 0 saturated heterocycles. The van der Waals surface area contributed by atoms with E-state index in [4.69, 9.17) is 13.6 Å². The molecule has 3 aromatic carbocycles. The van der Waals surface area contributed by atoms with Crippen molar-refractivity contribution in [1.29, 1.82) is 0 Å². The van der Waals surface area contributed by atoms with Gasteiger partial charge in [-0.3, -0.25) is 0 Å². The van der Waals surface area contributed by atoms with Crippen molar-refractivity contribution in [2.45, 2.75) is 71.3 Å². The van der Waals surface area contributed by atoms with E-state index in [1.54, 1.807) is 7.11 Å². The van der Waals surface area contributed by atoms with Crippen molar-refractivity contribution in [2.75, 3.05) is 7.11 Å². The monoisotopic (exact) mass is 584 g/mol. The normalized spacial score (nSPS) is 12.9. The summed E-state index contributed by atoms with van der Waals surface area (Å²) in [5.41, 5.74) is 0.974. The Bertz CT molecular complexity index is 1110. The van der Waals surface area contributed by atoms with Gasteiger partial charge in [-0.25, -0.2) is 0 Å². The molecule has 0 bridgehead atoms. The highest BCUT2D eigenvalue weighted by molar-refractivity contribution is 9.10. The lowest BCUT2D eigenvalue weighted by atomic mass is 10.2. The third-order valence-electron chi connectivity index (χ3n) is 7.41. The smallest absolute Gasteiger partial charge is 0.261 e. The first-order chi connectivity index (χ1) is 16.7. The van der Waals surface area contributed by atoms with Crippen molar-refractivity contribution in [3.8, 4) is 11.5 Å². The van der Waals surface area contributed by atoms with Crippen LogP contribution in [0.25, 0.3) is 0 Å². The van der Waals surface area contributed by atoms with Crippen LogP contribution in [0, 0.1) is 0 Å². The molecule has 3 nitrogen and oxygen atoms in total. The van der Waals surface area contributed by atoms with Crippen LogP contribution >= 0.6 is 15.9 Å². The summed E-state index contributed by atoms with van der Waals surface area (Å²) in [5, 5.41) is 2.50. The van der Waals surface area contributed by atoms with Gasteiger partial charge in [0, 0.05) is 5.56 Å². The van der Waals surface area contributed by atoms with E-state index in [0.717, 1.165) is 21.5 Å². The average Bonchev–Trinajstić information content (AvgIpc) is 2.81. The molecule has 0 unspecified atom stereocenters. The molecule has 0 aliphatic rings. The van der Waals surface area contributed by atoms with Crippen LogP contribution in [-0.2, 0) is 11.0 Å². The molecule has 0 saturated carbocycles. The van der Waals surface area contributed by atoms with Crippen LogP contribution in [-0.4, -0.2) is 23.7 Å². The van der Waals surface area contributed by atoms with E-state index in [0.29, 0.717) is 6.61 Å². The van der Waals surface area contributed by atoms with Gasteiger partial charge in [0.1, 0.15) is 11.5 Å². The van der Waals surface area contributed by atoms with Crippen LogP contribution in [0.15, 0.2) is 77.3 Å². The van der Waals surface area contributed by atoms with Crippen molar-refractivity contribution in [3.63, 3.8) is 0 Å². The molecule has 0 fully saturated rings. The van der Waals surface area contributed by atoms with Crippen LogP contribution in [0.3, 0.4) is 0 Å². The molecule has 3 rings (SSSR count). The summed E-state index contributed by atoms with van der Waals surface area (Å²) in [6.45, 7) is 18.6. The molecular weight excluding hydrogens is 544 g/mol. The second-order valence-corrected chi connectivity index (χ2v) is 21.7. The first kappa shape index (κ1) is 28.7. The van der Waals surface area contributed by atoms with Gasteiger partial charge >= 0.3 is 0 Å². The topological polar surface area (TPSA) is 27.7 Å². The van der Waals surface area contributed by atoms with Crippen LogP contribution in [0.2, 0.25) is 23.2 Å². The van der Waals surface area contributed by atoms with Gasteiger partial charge in [0.15, 0.2) is 0 Å². The molecule has 0 atom stereocenters. The highest BCUT2D eigenvalue weighted by Crippen LogP contribution is 2.43. The first-order valence-electron chi connectivity index (χ1n) is 12.5. The van der Waals surface area contributed by atoms with Gasteiger partial charge in [-0.05, 0) is 61.6 Å². The Kier molecular flexibility index (Phi) is 8.66. The molecule has 0 amide bonds. The second kappa shape index (κ2) is 10.9. The first-order valence-corrected chi connectivity index (χ1v) is 18.1. The Labute approximate surface area is 228 Å². The highest BCUT2D eigenvalue weighted by Gasteiger charge is 2.50. The van der Waals surface area contributed by atoms with E-state index in [1.807, 2.05) is 12.1 Å². The molecule has 0 radical (unpaired) electrons. The van der Waals surface area contributed by atoms with E-state index in [-0.39, 0.29) is 10.1 Å². The summed E-state index contributed by atoms with van der Waals surface area (Å²) < 4.78 is 20.6. The maximum atomic E-state index is 7.21. The number of methoxy groups -OCH3 is 1. The molecule has 0 aromatic heterocycles. The molecule has 0 aliphatic carbocycles. The molecule has 0 N–H and O–H groups in total. The van der Waals surface area contributed by atoms with E-state index < -0.39 is 16.6 Å². The molecule has 194 valence electrons. The Morgan fingerprint density at radius 3 is 1.58 bits per heavy atom. The second-order valence-electron chi connectivity index (χ2n) is 11.9. The summed E-state index contributed by atoms with van der Waals surface area (Å²) in [5.74, 6) is 1.64. The Morgan fingerprint density at radius 1 is 0.694 bits per heavy atom. The molecule has 6 heteroatoms. The molecule has 36 heavy (non-hydrogen) atoms. The van der Waals surface area contributed by atoms with Crippen LogP contribution in [0.1, 0.15) is 47.1 Å². The third-order valence-corrected chi connectivity index (χ3v) is 17.6. The van der Waals surface area contributed by atoms with Crippen LogP contribution in [0.4, 0.5) is 0 Å². The predicted octanol–water partition coefficient (Wildman–Crippen LogP) is 7.92. The molecule has 0 aliphatic heterocycles. The minimum Gasteiger partial charge on any atom is -0.543 e. The number of halogens is 1. The summed E-state index contributed by atoms with van der Waals surface area (Å²) >= 11 is 3.88. The minimum absolute atomic E-state index is 0.0952. The van der Waals surface area contributed by atoms with Gasteiger partial charge in [-0.1, -0.05) is 102 Å². The molecule has 0 spiro atoms. The number of rotatable bonds is 8. The van der Waals surface area contributed by atoms with Gasteiger partial charge in [0.05, 0.1) is 18.2 Å². The maximum absolute atomic E-state index is 7.21. The summed E-state index contributed by atoms with van der Waals surface area (Å²) in [4.78, 5) is 0. The van der Waals surface area contributed by atoms with E-state index in [2.05, 4.69) is 131 Å². The van der Waals surface area contributed by atoms with Crippen molar-refractivity contribution < 1.29 is 13.6 Å². The molecular formula is C30H41BrO3Si2. The Balaban J connectivity index is 2.12. The van der Waals surface area contributed by atoms with Gasteiger partial charge in [0.2, 0.25) is 0 Å². The molecule has 0 heterocycles. The lowest BCUT2D eigenvalue weighted by Crippen LogP contribution is -2.66. The fourth-order valence-corrected chi connectivity index (χ4v) is 10.6. The number of benzene rings is 3. The van der Waals surface area contributed by atoms with Crippen molar-refractivity contribution >= 4 is 42.9 Å². The molecule has 3 aromatic rings. The number of ether oxygens (including phenoxy) is 1. The van der Waals surface area contributed by atoms with Gasteiger partial charge in [-0.15, -0.1) is 0 Å². The highest BCUT2D eigenvalue weighted by atomic mass is 79.9. The quantitative estimate of drug-likeness (QED) is 0.252. The van der Waals surface area contributed by atoms with Crippen molar-refractivity contribution in [3.05, 3.63) is 82.8 Å². The third kappa shape index (κ3) is 5.67. The Morgan fingerprint density at radius 2 is 1.17 bits per heavy atom. The SMILES string of the molecule is COc1ccc(O[Si](C)(C)C(C)(C)C)c(Br)c1CO[Si](c1ccccc1)(c1ccccc1)C(C)(C)C. The van der Waals surface area contributed by atoms with E-state index in [1.165, 1.54) is 10.4 Å². The standard InChI is InChI=1S/C30H41BrO3Si2/c1-29(2,3)35(8,9)34-27-21-20-26(32-7)25(28(27)31)22-33-36(30(4,5)6,23-16-12-10-13-17-23)24-18-14-11-15-19-24/h10-21H,22H2,1-9H3.